The van der Waals surface area contributed by atoms with Gasteiger partial charge < -0.3 is 10.0 Å². The average molecular weight is 233 g/mol. The quantitative estimate of drug-likeness (QED) is 0.849. The second kappa shape index (κ2) is 4.34. The molecule has 2 heteroatoms. The smallest absolute Gasteiger partial charge is 0.0763 e. The minimum Gasteiger partial charge on any atom is -0.391 e. The zero-order valence-corrected chi connectivity index (χ0v) is 11.3. The van der Waals surface area contributed by atoms with Gasteiger partial charge in [0.05, 0.1) is 6.10 Å². The van der Waals surface area contributed by atoms with Crippen LogP contribution in [0.15, 0.2) is 24.3 Å². The molecule has 0 radical (unpaired) electrons. The van der Waals surface area contributed by atoms with Crippen molar-refractivity contribution in [2.75, 3.05) is 11.4 Å². The summed E-state index contributed by atoms with van der Waals surface area (Å²) in [6, 6.07) is 9.01. The highest BCUT2D eigenvalue weighted by Gasteiger charge is 2.31. The van der Waals surface area contributed by atoms with Crippen molar-refractivity contribution in [1.82, 2.24) is 0 Å². The van der Waals surface area contributed by atoms with Crippen molar-refractivity contribution < 1.29 is 5.11 Å². The van der Waals surface area contributed by atoms with Gasteiger partial charge in [-0.2, -0.15) is 0 Å². The van der Waals surface area contributed by atoms with Crippen LogP contribution in [0.4, 0.5) is 5.69 Å². The molecule has 0 saturated heterocycles. The summed E-state index contributed by atoms with van der Waals surface area (Å²) in [4.78, 5) is 2.34. The topological polar surface area (TPSA) is 23.5 Å². The Morgan fingerprint density at radius 3 is 2.65 bits per heavy atom. The molecular formula is C15H23NO. The Labute approximate surface area is 104 Å². The zero-order valence-electron chi connectivity index (χ0n) is 11.3. The van der Waals surface area contributed by atoms with Crippen LogP contribution in [-0.4, -0.2) is 23.8 Å². The van der Waals surface area contributed by atoms with Crippen molar-refractivity contribution in [1.29, 1.82) is 0 Å². The van der Waals surface area contributed by atoms with Crippen molar-refractivity contribution in [2.45, 2.75) is 46.3 Å². The maximum atomic E-state index is 10.2. The van der Waals surface area contributed by atoms with E-state index in [1.165, 1.54) is 11.3 Å². The van der Waals surface area contributed by atoms with Gasteiger partial charge in [-0.1, -0.05) is 39.0 Å². The van der Waals surface area contributed by atoms with Crippen molar-refractivity contribution in [2.24, 2.45) is 5.41 Å². The zero-order chi connectivity index (χ0) is 12.6. The van der Waals surface area contributed by atoms with Crippen LogP contribution in [0.25, 0.3) is 0 Å². The molecule has 17 heavy (non-hydrogen) atoms. The molecular weight excluding hydrogens is 210 g/mol. The van der Waals surface area contributed by atoms with Gasteiger partial charge in [0.2, 0.25) is 0 Å². The van der Waals surface area contributed by atoms with Gasteiger partial charge >= 0.3 is 0 Å². The average Bonchev–Trinajstić information content (AvgIpc) is 2.54. The Morgan fingerprint density at radius 1 is 1.35 bits per heavy atom. The summed E-state index contributed by atoms with van der Waals surface area (Å²) in [5.74, 6) is 0. The minimum absolute atomic E-state index is 0.0583. The molecule has 1 aliphatic rings. The molecule has 0 saturated carbocycles. The van der Waals surface area contributed by atoms with Gasteiger partial charge in [-0.25, -0.2) is 0 Å². The van der Waals surface area contributed by atoms with Crippen molar-refractivity contribution in [3.05, 3.63) is 29.8 Å². The third-order valence-electron chi connectivity index (χ3n) is 3.72. The fraction of sp³-hybridized carbons (Fsp3) is 0.600. The molecule has 2 rings (SSSR count). The summed E-state index contributed by atoms with van der Waals surface area (Å²) >= 11 is 0. The largest absolute Gasteiger partial charge is 0.391 e. The van der Waals surface area contributed by atoms with Crippen LogP contribution in [0.5, 0.6) is 0 Å². The van der Waals surface area contributed by atoms with Gasteiger partial charge in [0.25, 0.3) is 0 Å². The number of nitrogens with zero attached hydrogens (tertiary/aromatic N) is 1. The monoisotopic (exact) mass is 233 g/mol. The Balaban J connectivity index is 2.17. The summed E-state index contributed by atoms with van der Waals surface area (Å²) < 4.78 is 0. The number of hydrogen-bond acceptors (Lipinski definition) is 2. The molecule has 94 valence electrons. The van der Waals surface area contributed by atoms with Crippen LogP contribution in [0.2, 0.25) is 0 Å². The highest BCUT2D eigenvalue weighted by atomic mass is 16.3. The van der Waals surface area contributed by atoms with Gasteiger partial charge in [0.1, 0.15) is 0 Å². The van der Waals surface area contributed by atoms with Crippen LogP contribution in [-0.2, 0) is 6.42 Å². The van der Waals surface area contributed by atoms with Gasteiger partial charge in [-0.05, 0) is 30.4 Å². The first-order chi connectivity index (χ1) is 7.89. The van der Waals surface area contributed by atoms with Crippen molar-refractivity contribution >= 4 is 5.69 Å². The maximum Gasteiger partial charge on any atom is 0.0763 e. The second-order valence-corrected chi connectivity index (χ2v) is 6.22. The molecule has 1 heterocycles. The standard InChI is InChI=1S/C15H23NO/c1-11-9-12-7-5-6-8-13(12)16(11)10-14(17)15(2,3)4/h5-8,11,14,17H,9-10H2,1-4H3. The molecule has 0 aliphatic carbocycles. The van der Waals surface area contributed by atoms with E-state index < -0.39 is 0 Å². The van der Waals surface area contributed by atoms with Crippen LogP contribution in [0.1, 0.15) is 33.3 Å². The van der Waals surface area contributed by atoms with Crippen molar-refractivity contribution in [3.8, 4) is 0 Å². The third kappa shape index (κ3) is 2.47. The van der Waals surface area contributed by atoms with Gasteiger partial charge in [0, 0.05) is 18.3 Å². The lowest BCUT2D eigenvalue weighted by Gasteiger charge is -2.33. The molecule has 0 bridgehead atoms. The predicted molar refractivity (Wildman–Crippen MR) is 72.4 cm³/mol. The molecule has 0 spiro atoms. The highest BCUT2D eigenvalue weighted by Crippen LogP contribution is 2.33. The lowest BCUT2D eigenvalue weighted by molar-refractivity contribution is 0.0680. The summed E-state index contributed by atoms with van der Waals surface area (Å²) in [6.45, 7) is 9.22. The normalized spacial score (nSPS) is 21.5. The number of aliphatic hydroxyl groups excluding tert-OH is 1. The Hall–Kier alpha value is -1.02. The molecule has 1 aliphatic heterocycles. The number of rotatable bonds is 2. The van der Waals surface area contributed by atoms with Crippen LogP contribution >= 0.6 is 0 Å². The Morgan fingerprint density at radius 2 is 2.00 bits per heavy atom. The fourth-order valence-corrected chi connectivity index (χ4v) is 2.37. The molecule has 1 N–H and O–H groups in total. The molecule has 1 aromatic carbocycles. The van der Waals surface area contributed by atoms with Crippen LogP contribution in [0.3, 0.4) is 0 Å². The Kier molecular flexibility index (Phi) is 3.17. The molecule has 2 atom stereocenters. The van der Waals surface area contributed by atoms with Gasteiger partial charge in [-0.15, -0.1) is 0 Å². The number of benzene rings is 1. The predicted octanol–water partition coefficient (Wildman–Crippen LogP) is 2.84. The number of hydrogen-bond donors (Lipinski definition) is 1. The van der Waals surface area contributed by atoms with E-state index in [0.29, 0.717) is 6.04 Å². The maximum absolute atomic E-state index is 10.2. The lowest BCUT2D eigenvalue weighted by Crippen LogP contribution is -2.42. The van der Waals surface area contributed by atoms with E-state index in [-0.39, 0.29) is 11.5 Å². The van der Waals surface area contributed by atoms with E-state index >= 15 is 0 Å². The second-order valence-electron chi connectivity index (χ2n) is 6.22. The SMILES string of the molecule is CC1Cc2ccccc2N1CC(O)C(C)(C)C. The molecule has 1 aromatic rings. The first kappa shape index (κ1) is 12.4. The van der Waals surface area contributed by atoms with E-state index in [0.717, 1.165) is 13.0 Å². The molecule has 0 fully saturated rings. The van der Waals surface area contributed by atoms with Crippen molar-refractivity contribution in [3.63, 3.8) is 0 Å². The lowest BCUT2D eigenvalue weighted by atomic mass is 9.89. The van der Waals surface area contributed by atoms with E-state index in [1.807, 2.05) is 0 Å². The first-order valence-corrected chi connectivity index (χ1v) is 6.42. The van der Waals surface area contributed by atoms with Crippen LogP contribution < -0.4 is 4.90 Å². The summed E-state index contributed by atoms with van der Waals surface area (Å²) in [5, 5.41) is 10.2. The number of β-amino-alcohol motifs (C(OH)–C–C–N with tert-alkyl or cyclic N) is 1. The number of aliphatic hydroxyl groups is 1. The third-order valence-corrected chi connectivity index (χ3v) is 3.72. The summed E-state index contributed by atoms with van der Waals surface area (Å²) in [5.41, 5.74) is 2.64. The fourth-order valence-electron chi connectivity index (χ4n) is 2.37. The minimum atomic E-state index is -0.295. The highest BCUT2D eigenvalue weighted by molar-refractivity contribution is 5.59. The van der Waals surface area contributed by atoms with Gasteiger partial charge in [0.15, 0.2) is 0 Å². The number of anilines is 1. The number of para-hydroxylation sites is 1. The van der Waals surface area contributed by atoms with E-state index in [4.69, 9.17) is 0 Å². The van der Waals surface area contributed by atoms with Crippen LogP contribution in [0, 0.1) is 5.41 Å². The first-order valence-electron chi connectivity index (χ1n) is 6.42. The van der Waals surface area contributed by atoms with E-state index in [1.54, 1.807) is 0 Å². The summed E-state index contributed by atoms with van der Waals surface area (Å²) in [7, 11) is 0. The molecule has 2 unspecified atom stereocenters. The van der Waals surface area contributed by atoms with E-state index in [2.05, 4.69) is 56.9 Å². The number of fused-ring (bicyclic) bond motifs is 1. The molecule has 2 nitrogen and oxygen atoms in total. The summed E-state index contributed by atoms with van der Waals surface area (Å²) in [6.07, 6.45) is 0.795. The Bertz CT molecular complexity index is 394. The molecule has 0 amide bonds. The molecule has 0 aromatic heterocycles. The van der Waals surface area contributed by atoms with Gasteiger partial charge in [-0.3, -0.25) is 0 Å². The van der Waals surface area contributed by atoms with E-state index in [9.17, 15) is 5.11 Å².